The van der Waals surface area contributed by atoms with Gasteiger partial charge in [0, 0.05) is 48.3 Å². The van der Waals surface area contributed by atoms with Gasteiger partial charge >= 0.3 is 0 Å². The lowest BCUT2D eigenvalue weighted by atomic mass is 10.0. The Morgan fingerprint density at radius 2 is 1.70 bits per heavy atom. The number of rotatable bonds is 6. The number of aromatic nitrogens is 2. The van der Waals surface area contributed by atoms with Crippen LogP contribution in [0.2, 0.25) is 0 Å². The standard InChI is InChI=1S/C24H27BrN4O3S/c1-17-23(16-19-5-4-6-21(15-19)32-3)24(27-18(2)26-17)28-11-13-29(14-12-28)33(30,31)22-9-7-20(25)8-10-22/h4-10,15H,11-14,16H2,1-3H3. The lowest BCUT2D eigenvalue weighted by Crippen LogP contribution is -2.49. The highest BCUT2D eigenvalue weighted by atomic mass is 79.9. The van der Waals surface area contributed by atoms with Gasteiger partial charge in [-0.3, -0.25) is 0 Å². The Morgan fingerprint density at radius 1 is 1.00 bits per heavy atom. The second-order valence-corrected chi connectivity index (χ2v) is 10.9. The maximum absolute atomic E-state index is 13.1. The zero-order valence-electron chi connectivity index (χ0n) is 19.0. The van der Waals surface area contributed by atoms with Gasteiger partial charge in [0.15, 0.2) is 0 Å². The summed E-state index contributed by atoms with van der Waals surface area (Å²) in [5, 5.41) is 0. The Balaban J connectivity index is 1.56. The maximum Gasteiger partial charge on any atom is 0.243 e. The van der Waals surface area contributed by atoms with Gasteiger partial charge in [-0.1, -0.05) is 28.1 Å². The monoisotopic (exact) mass is 530 g/mol. The molecule has 4 rings (SSSR count). The second-order valence-electron chi connectivity index (χ2n) is 8.03. The van der Waals surface area contributed by atoms with Crippen LogP contribution in [0, 0.1) is 13.8 Å². The summed E-state index contributed by atoms with van der Waals surface area (Å²) in [5.41, 5.74) is 3.10. The molecule has 174 valence electrons. The lowest BCUT2D eigenvalue weighted by molar-refractivity contribution is 0.383. The molecular weight excluding hydrogens is 504 g/mol. The van der Waals surface area contributed by atoms with Crippen LogP contribution in [0.1, 0.15) is 22.6 Å². The molecule has 2 heterocycles. The van der Waals surface area contributed by atoms with Crippen molar-refractivity contribution in [2.24, 2.45) is 0 Å². The molecule has 0 amide bonds. The molecule has 1 saturated heterocycles. The summed E-state index contributed by atoms with van der Waals surface area (Å²) in [7, 11) is -1.87. The predicted octanol–water partition coefficient (Wildman–Crippen LogP) is 3.97. The van der Waals surface area contributed by atoms with E-state index in [1.165, 1.54) is 0 Å². The molecule has 0 aliphatic carbocycles. The fourth-order valence-corrected chi connectivity index (χ4v) is 5.76. The van der Waals surface area contributed by atoms with Crippen molar-refractivity contribution in [3.63, 3.8) is 0 Å². The molecule has 7 nitrogen and oxygen atoms in total. The van der Waals surface area contributed by atoms with Gasteiger partial charge in [0.2, 0.25) is 10.0 Å². The Bertz CT molecular complexity index is 1240. The fraction of sp³-hybridized carbons (Fsp3) is 0.333. The molecule has 0 bridgehead atoms. The van der Waals surface area contributed by atoms with Crippen molar-refractivity contribution in [1.29, 1.82) is 0 Å². The van der Waals surface area contributed by atoms with Gasteiger partial charge in [-0.25, -0.2) is 18.4 Å². The number of hydrogen-bond acceptors (Lipinski definition) is 6. The number of anilines is 1. The van der Waals surface area contributed by atoms with Gasteiger partial charge in [-0.2, -0.15) is 4.31 Å². The number of ether oxygens (including phenoxy) is 1. The molecule has 33 heavy (non-hydrogen) atoms. The summed E-state index contributed by atoms with van der Waals surface area (Å²) >= 11 is 3.36. The van der Waals surface area contributed by atoms with Crippen LogP contribution in [-0.4, -0.2) is 56.0 Å². The molecule has 1 aromatic heterocycles. The number of benzene rings is 2. The average Bonchev–Trinajstić information content (AvgIpc) is 2.81. The molecule has 1 aliphatic rings. The normalized spacial score (nSPS) is 15.0. The number of aryl methyl sites for hydroxylation is 2. The highest BCUT2D eigenvalue weighted by molar-refractivity contribution is 9.10. The van der Waals surface area contributed by atoms with Crippen LogP contribution in [0.4, 0.5) is 5.82 Å². The first kappa shape index (κ1) is 23.7. The third kappa shape index (κ3) is 5.20. The number of methoxy groups -OCH3 is 1. The fourth-order valence-electron chi connectivity index (χ4n) is 4.07. The van der Waals surface area contributed by atoms with E-state index in [2.05, 4.69) is 31.9 Å². The minimum atomic E-state index is -3.53. The van der Waals surface area contributed by atoms with Gasteiger partial charge in [0.05, 0.1) is 12.0 Å². The van der Waals surface area contributed by atoms with Gasteiger partial charge in [0.25, 0.3) is 0 Å². The molecule has 2 aromatic carbocycles. The molecule has 1 aliphatic heterocycles. The van der Waals surface area contributed by atoms with E-state index in [0.29, 0.717) is 43.3 Å². The van der Waals surface area contributed by atoms with E-state index in [1.54, 1.807) is 35.7 Å². The van der Waals surface area contributed by atoms with Crippen molar-refractivity contribution >= 4 is 31.8 Å². The predicted molar refractivity (Wildman–Crippen MR) is 132 cm³/mol. The maximum atomic E-state index is 13.1. The molecule has 1 fully saturated rings. The van der Waals surface area contributed by atoms with E-state index in [1.807, 2.05) is 32.0 Å². The molecule has 0 unspecified atom stereocenters. The number of halogens is 1. The van der Waals surface area contributed by atoms with E-state index < -0.39 is 10.0 Å². The molecule has 0 N–H and O–H groups in total. The summed E-state index contributed by atoms with van der Waals surface area (Å²) in [6.07, 6.45) is 0.677. The highest BCUT2D eigenvalue weighted by Crippen LogP contribution is 2.27. The molecule has 0 spiro atoms. The van der Waals surface area contributed by atoms with Gasteiger partial charge in [0.1, 0.15) is 17.4 Å². The van der Waals surface area contributed by atoms with Gasteiger partial charge in [-0.05, 0) is 55.8 Å². The Kier molecular flexibility index (Phi) is 7.02. The quantitative estimate of drug-likeness (QED) is 0.480. The summed E-state index contributed by atoms with van der Waals surface area (Å²) in [5.74, 6) is 2.40. The van der Waals surface area contributed by atoms with Crippen LogP contribution in [0.3, 0.4) is 0 Å². The number of nitrogens with zero attached hydrogens (tertiary/aromatic N) is 4. The minimum Gasteiger partial charge on any atom is -0.497 e. The van der Waals surface area contributed by atoms with Crippen LogP contribution < -0.4 is 9.64 Å². The first-order valence-electron chi connectivity index (χ1n) is 10.8. The van der Waals surface area contributed by atoms with Crippen molar-refractivity contribution in [2.75, 3.05) is 38.2 Å². The van der Waals surface area contributed by atoms with Gasteiger partial charge in [-0.15, -0.1) is 0 Å². The van der Waals surface area contributed by atoms with Crippen molar-refractivity contribution in [3.05, 3.63) is 75.6 Å². The summed E-state index contributed by atoms with van der Waals surface area (Å²) in [6.45, 7) is 5.83. The highest BCUT2D eigenvalue weighted by Gasteiger charge is 2.30. The summed E-state index contributed by atoms with van der Waals surface area (Å²) in [4.78, 5) is 11.8. The third-order valence-electron chi connectivity index (χ3n) is 5.81. The van der Waals surface area contributed by atoms with Crippen LogP contribution in [-0.2, 0) is 16.4 Å². The third-order valence-corrected chi connectivity index (χ3v) is 8.25. The van der Waals surface area contributed by atoms with E-state index >= 15 is 0 Å². The van der Waals surface area contributed by atoms with Crippen LogP contribution in [0.5, 0.6) is 5.75 Å². The van der Waals surface area contributed by atoms with Crippen molar-refractivity contribution in [3.8, 4) is 5.75 Å². The average molecular weight is 531 g/mol. The van der Waals surface area contributed by atoms with E-state index in [9.17, 15) is 8.42 Å². The summed E-state index contributed by atoms with van der Waals surface area (Å²) < 4.78 is 33.9. The number of piperazine rings is 1. The first-order valence-corrected chi connectivity index (χ1v) is 13.0. The van der Waals surface area contributed by atoms with Crippen molar-refractivity contribution in [1.82, 2.24) is 14.3 Å². The molecule has 3 aromatic rings. The zero-order valence-corrected chi connectivity index (χ0v) is 21.4. The molecule has 0 saturated carbocycles. The topological polar surface area (TPSA) is 75.6 Å². The summed E-state index contributed by atoms with van der Waals surface area (Å²) in [6, 6.07) is 14.8. The smallest absolute Gasteiger partial charge is 0.243 e. The molecule has 9 heteroatoms. The van der Waals surface area contributed by atoms with E-state index in [0.717, 1.165) is 32.9 Å². The Labute approximate surface area is 203 Å². The SMILES string of the molecule is COc1cccc(Cc2c(C)nc(C)nc2N2CCN(S(=O)(=O)c3ccc(Br)cc3)CC2)c1. The zero-order chi connectivity index (χ0) is 23.6. The largest absolute Gasteiger partial charge is 0.497 e. The van der Waals surface area contributed by atoms with Crippen molar-refractivity contribution in [2.45, 2.75) is 25.2 Å². The van der Waals surface area contributed by atoms with Crippen LogP contribution >= 0.6 is 15.9 Å². The molecular formula is C24H27BrN4O3S. The Hall–Kier alpha value is -2.49. The van der Waals surface area contributed by atoms with E-state index in [4.69, 9.17) is 9.72 Å². The van der Waals surface area contributed by atoms with Gasteiger partial charge < -0.3 is 9.64 Å². The molecule has 0 atom stereocenters. The number of hydrogen-bond donors (Lipinski definition) is 0. The molecule has 0 radical (unpaired) electrons. The van der Waals surface area contributed by atoms with Crippen LogP contribution in [0.25, 0.3) is 0 Å². The first-order chi connectivity index (χ1) is 15.8. The lowest BCUT2D eigenvalue weighted by Gasteiger charge is -2.36. The van der Waals surface area contributed by atoms with Crippen LogP contribution in [0.15, 0.2) is 57.9 Å². The number of sulfonamides is 1. The minimum absolute atomic E-state index is 0.312. The Morgan fingerprint density at radius 3 is 2.36 bits per heavy atom. The second kappa shape index (κ2) is 9.79. The van der Waals surface area contributed by atoms with E-state index in [-0.39, 0.29) is 0 Å². The van der Waals surface area contributed by atoms with Crippen molar-refractivity contribution < 1.29 is 13.2 Å².